The standard InChI is InChI=1S/C18H28N4O3S/c23-26(24,21-8-1-2-9-21)22-10-6-15(7-11-22)13-25-18-12-17(19-14-20-18)16-4-3-5-16/h12,14-16H,1-11,13H2. The fourth-order valence-corrected chi connectivity index (χ4v) is 5.67. The molecule has 8 heteroatoms. The predicted octanol–water partition coefficient (Wildman–Crippen LogP) is 2.18. The van der Waals surface area contributed by atoms with Gasteiger partial charge in [-0.1, -0.05) is 6.42 Å². The lowest BCUT2D eigenvalue weighted by Gasteiger charge is -2.33. The second-order valence-electron chi connectivity index (χ2n) is 7.68. The topological polar surface area (TPSA) is 75.6 Å². The van der Waals surface area contributed by atoms with E-state index in [-0.39, 0.29) is 0 Å². The number of nitrogens with zero attached hydrogens (tertiary/aromatic N) is 4. The van der Waals surface area contributed by atoms with Gasteiger partial charge < -0.3 is 4.74 Å². The lowest BCUT2D eigenvalue weighted by atomic mass is 9.83. The average molecular weight is 381 g/mol. The molecular weight excluding hydrogens is 352 g/mol. The maximum Gasteiger partial charge on any atom is 0.281 e. The molecule has 0 aromatic carbocycles. The molecule has 7 nitrogen and oxygen atoms in total. The largest absolute Gasteiger partial charge is 0.477 e. The van der Waals surface area contributed by atoms with Gasteiger partial charge in [-0.05, 0) is 44.4 Å². The number of ether oxygens (including phenoxy) is 1. The molecule has 2 aliphatic heterocycles. The molecule has 26 heavy (non-hydrogen) atoms. The molecule has 0 unspecified atom stereocenters. The summed E-state index contributed by atoms with van der Waals surface area (Å²) >= 11 is 0. The lowest BCUT2D eigenvalue weighted by molar-refractivity contribution is 0.177. The Kier molecular flexibility index (Phi) is 5.42. The Morgan fingerprint density at radius 3 is 2.31 bits per heavy atom. The van der Waals surface area contributed by atoms with Gasteiger partial charge in [-0.2, -0.15) is 17.0 Å². The van der Waals surface area contributed by atoms with Gasteiger partial charge in [0, 0.05) is 38.2 Å². The van der Waals surface area contributed by atoms with Crippen LogP contribution in [-0.2, 0) is 10.2 Å². The van der Waals surface area contributed by atoms with Crippen LogP contribution < -0.4 is 4.74 Å². The van der Waals surface area contributed by atoms with E-state index in [1.807, 2.05) is 6.07 Å². The van der Waals surface area contributed by atoms with E-state index in [1.165, 1.54) is 19.3 Å². The van der Waals surface area contributed by atoms with E-state index in [4.69, 9.17) is 4.74 Å². The van der Waals surface area contributed by atoms with Crippen molar-refractivity contribution in [2.75, 3.05) is 32.8 Å². The summed E-state index contributed by atoms with van der Waals surface area (Å²) in [6.07, 6.45) is 8.93. The van der Waals surface area contributed by atoms with Crippen molar-refractivity contribution in [3.8, 4) is 5.88 Å². The normalized spacial score (nSPS) is 23.8. The number of rotatable bonds is 6. The Morgan fingerprint density at radius 2 is 1.65 bits per heavy atom. The molecule has 144 valence electrons. The highest BCUT2D eigenvalue weighted by Gasteiger charge is 2.34. The highest BCUT2D eigenvalue weighted by Crippen LogP contribution is 2.35. The fourth-order valence-electron chi connectivity index (χ4n) is 3.95. The number of hydrogen-bond acceptors (Lipinski definition) is 5. The minimum atomic E-state index is -3.26. The maximum atomic E-state index is 12.6. The molecule has 0 spiro atoms. The zero-order valence-corrected chi connectivity index (χ0v) is 16.0. The summed E-state index contributed by atoms with van der Waals surface area (Å²) in [4.78, 5) is 8.59. The SMILES string of the molecule is O=S(=O)(N1CCCC1)N1CCC(COc2cc(C3CCC3)ncn2)CC1. The second-order valence-corrected chi connectivity index (χ2v) is 9.60. The zero-order chi connectivity index (χ0) is 18.0. The quantitative estimate of drug-likeness (QED) is 0.756. The summed E-state index contributed by atoms with van der Waals surface area (Å²) in [5.74, 6) is 1.59. The molecule has 0 amide bonds. The number of piperidine rings is 1. The van der Waals surface area contributed by atoms with Crippen LogP contribution >= 0.6 is 0 Å². The first-order chi connectivity index (χ1) is 12.6. The summed E-state index contributed by atoms with van der Waals surface area (Å²) in [7, 11) is -3.26. The van der Waals surface area contributed by atoms with E-state index in [0.717, 1.165) is 31.4 Å². The smallest absolute Gasteiger partial charge is 0.281 e. The summed E-state index contributed by atoms with van der Waals surface area (Å²) in [5, 5.41) is 0. The van der Waals surface area contributed by atoms with Crippen LogP contribution in [-0.4, -0.2) is 59.8 Å². The van der Waals surface area contributed by atoms with Crippen LogP contribution in [0, 0.1) is 5.92 Å². The molecule has 1 aromatic rings. The number of hydrogen-bond donors (Lipinski definition) is 0. The van der Waals surface area contributed by atoms with Crippen molar-refractivity contribution in [1.82, 2.24) is 18.6 Å². The lowest BCUT2D eigenvalue weighted by Crippen LogP contribution is -2.46. The molecule has 3 fully saturated rings. The van der Waals surface area contributed by atoms with Crippen molar-refractivity contribution in [2.24, 2.45) is 5.92 Å². The Hall–Kier alpha value is -1.25. The van der Waals surface area contributed by atoms with Gasteiger partial charge >= 0.3 is 0 Å². The maximum absolute atomic E-state index is 12.6. The molecule has 4 rings (SSSR count). The van der Waals surface area contributed by atoms with Gasteiger partial charge in [-0.25, -0.2) is 9.97 Å². The summed E-state index contributed by atoms with van der Waals surface area (Å²) in [5.41, 5.74) is 1.09. The van der Waals surface area contributed by atoms with E-state index in [2.05, 4.69) is 9.97 Å². The van der Waals surface area contributed by atoms with Crippen LogP contribution in [0.1, 0.15) is 56.6 Å². The van der Waals surface area contributed by atoms with Gasteiger partial charge in [0.25, 0.3) is 10.2 Å². The average Bonchev–Trinajstić information content (AvgIpc) is 3.15. The third-order valence-electron chi connectivity index (χ3n) is 5.94. The van der Waals surface area contributed by atoms with Crippen LogP contribution in [0.15, 0.2) is 12.4 Å². The van der Waals surface area contributed by atoms with Crippen molar-refractivity contribution in [3.05, 3.63) is 18.1 Å². The second kappa shape index (κ2) is 7.78. The third-order valence-corrected chi connectivity index (χ3v) is 7.98. The van der Waals surface area contributed by atoms with Crippen LogP contribution in [0.4, 0.5) is 0 Å². The molecule has 1 aromatic heterocycles. The van der Waals surface area contributed by atoms with Crippen LogP contribution in [0.2, 0.25) is 0 Å². The van der Waals surface area contributed by atoms with Gasteiger partial charge in [0.15, 0.2) is 0 Å². The molecule has 1 saturated carbocycles. The Bertz CT molecular complexity index is 709. The van der Waals surface area contributed by atoms with Gasteiger partial charge in [0.1, 0.15) is 6.33 Å². The molecule has 3 heterocycles. The van der Waals surface area contributed by atoms with Crippen molar-refractivity contribution >= 4 is 10.2 Å². The molecule has 2 saturated heterocycles. The zero-order valence-electron chi connectivity index (χ0n) is 15.2. The van der Waals surface area contributed by atoms with E-state index < -0.39 is 10.2 Å². The molecule has 0 atom stereocenters. The monoisotopic (exact) mass is 380 g/mol. The molecule has 0 bridgehead atoms. The van der Waals surface area contributed by atoms with Gasteiger partial charge in [0.05, 0.1) is 12.3 Å². The molecule has 0 N–H and O–H groups in total. The third kappa shape index (κ3) is 3.87. The van der Waals surface area contributed by atoms with Crippen molar-refractivity contribution in [2.45, 2.75) is 50.9 Å². The van der Waals surface area contributed by atoms with Crippen LogP contribution in [0.5, 0.6) is 5.88 Å². The van der Waals surface area contributed by atoms with Crippen LogP contribution in [0.25, 0.3) is 0 Å². The van der Waals surface area contributed by atoms with Crippen molar-refractivity contribution < 1.29 is 13.2 Å². The molecule has 0 radical (unpaired) electrons. The Labute approximate surface area is 155 Å². The first-order valence-electron chi connectivity index (χ1n) is 9.83. The minimum Gasteiger partial charge on any atom is -0.477 e. The minimum absolute atomic E-state index is 0.377. The molecule has 3 aliphatic rings. The van der Waals surface area contributed by atoms with Gasteiger partial charge in [-0.15, -0.1) is 0 Å². The first-order valence-corrected chi connectivity index (χ1v) is 11.2. The summed E-state index contributed by atoms with van der Waals surface area (Å²) in [6.45, 7) is 3.11. The van der Waals surface area contributed by atoms with E-state index in [0.29, 0.717) is 50.5 Å². The Morgan fingerprint density at radius 1 is 0.962 bits per heavy atom. The Balaban J connectivity index is 1.26. The fraction of sp³-hybridized carbons (Fsp3) is 0.778. The van der Waals surface area contributed by atoms with Crippen molar-refractivity contribution in [1.29, 1.82) is 0 Å². The summed E-state index contributed by atoms with van der Waals surface area (Å²) in [6, 6.07) is 1.97. The number of aromatic nitrogens is 2. The highest BCUT2D eigenvalue weighted by atomic mass is 32.2. The predicted molar refractivity (Wildman–Crippen MR) is 98.1 cm³/mol. The van der Waals surface area contributed by atoms with Crippen molar-refractivity contribution in [3.63, 3.8) is 0 Å². The van der Waals surface area contributed by atoms with E-state index in [9.17, 15) is 8.42 Å². The molecular formula is C18H28N4O3S. The van der Waals surface area contributed by atoms with Gasteiger partial charge in [0.2, 0.25) is 5.88 Å². The first kappa shape index (κ1) is 18.1. The van der Waals surface area contributed by atoms with Gasteiger partial charge in [-0.3, -0.25) is 0 Å². The van der Waals surface area contributed by atoms with E-state index >= 15 is 0 Å². The van der Waals surface area contributed by atoms with Crippen LogP contribution in [0.3, 0.4) is 0 Å². The summed E-state index contributed by atoms with van der Waals surface area (Å²) < 4.78 is 34.4. The molecule has 1 aliphatic carbocycles. The van der Waals surface area contributed by atoms with E-state index in [1.54, 1.807) is 14.9 Å². The highest BCUT2D eigenvalue weighted by molar-refractivity contribution is 7.86.